The molecular weight excluding hydrogens is 248 g/mol. The van der Waals surface area contributed by atoms with Crippen LogP contribution in [-0.2, 0) is 0 Å². The Morgan fingerprint density at radius 3 is 2.58 bits per heavy atom. The predicted octanol–water partition coefficient (Wildman–Crippen LogP) is 0.327. The summed E-state index contributed by atoms with van der Waals surface area (Å²) >= 11 is 0. The number of carbonyl (C=O) groups is 1. The van der Waals surface area contributed by atoms with Gasteiger partial charge in [0.2, 0.25) is 5.69 Å². The Hall–Kier alpha value is -2.70. The molecule has 0 saturated carbocycles. The van der Waals surface area contributed by atoms with Crippen molar-refractivity contribution >= 4 is 11.6 Å². The van der Waals surface area contributed by atoms with Crippen molar-refractivity contribution in [1.29, 1.82) is 0 Å². The van der Waals surface area contributed by atoms with Gasteiger partial charge in [-0.1, -0.05) is 6.07 Å². The van der Waals surface area contributed by atoms with E-state index in [2.05, 4.69) is 10.4 Å². The first-order valence-corrected chi connectivity index (χ1v) is 5.55. The number of nitrogens with zero attached hydrogens (tertiary/aromatic N) is 1. The monoisotopic (exact) mass is 260 g/mol. The van der Waals surface area contributed by atoms with E-state index in [0.717, 1.165) is 11.1 Å². The summed E-state index contributed by atoms with van der Waals surface area (Å²) in [4.78, 5) is 36.0. The molecule has 2 rings (SSSR count). The van der Waals surface area contributed by atoms with Crippen LogP contribution in [0.3, 0.4) is 0 Å². The third-order valence-corrected chi connectivity index (χ3v) is 2.69. The van der Waals surface area contributed by atoms with E-state index in [-0.39, 0.29) is 0 Å². The Morgan fingerprint density at radius 1 is 1.21 bits per heavy atom. The van der Waals surface area contributed by atoms with Crippen LogP contribution in [0.4, 0.5) is 5.69 Å². The molecule has 7 heteroatoms. The predicted molar refractivity (Wildman–Crippen MR) is 69.3 cm³/mol. The summed E-state index contributed by atoms with van der Waals surface area (Å²) in [5.74, 6) is -0.680. The fourth-order valence-electron chi connectivity index (χ4n) is 1.51. The molecule has 7 nitrogen and oxygen atoms in total. The number of rotatable bonds is 2. The molecule has 2 aromatic rings. The molecule has 0 unspecified atom stereocenters. The number of hydrogen-bond acceptors (Lipinski definition) is 4. The molecule has 1 aromatic heterocycles. The first-order chi connectivity index (χ1) is 8.97. The summed E-state index contributed by atoms with van der Waals surface area (Å²) in [6.07, 6.45) is 0. The Morgan fingerprint density at radius 2 is 1.95 bits per heavy atom. The number of aromatic nitrogens is 3. The SMILES string of the molecule is Cc1ccc(NC(=O)c2n[nH]c(=O)[nH]c2=O)cc1C. The summed E-state index contributed by atoms with van der Waals surface area (Å²) in [6, 6.07) is 5.36. The van der Waals surface area contributed by atoms with Crippen molar-refractivity contribution in [3.05, 3.63) is 55.9 Å². The summed E-state index contributed by atoms with van der Waals surface area (Å²) in [5, 5.41) is 7.97. The van der Waals surface area contributed by atoms with Crippen LogP contribution in [0, 0.1) is 13.8 Å². The van der Waals surface area contributed by atoms with Gasteiger partial charge in [-0.15, -0.1) is 0 Å². The lowest BCUT2D eigenvalue weighted by Gasteiger charge is -2.06. The highest BCUT2D eigenvalue weighted by atomic mass is 16.2. The highest BCUT2D eigenvalue weighted by Gasteiger charge is 2.13. The molecule has 1 aromatic carbocycles. The van der Waals surface area contributed by atoms with Gasteiger partial charge >= 0.3 is 5.69 Å². The van der Waals surface area contributed by atoms with E-state index >= 15 is 0 Å². The van der Waals surface area contributed by atoms with E-state index in [9.17, 15) is 14.4 Å². The number of amides is 1. The summed E-state index contributed by atoms with van der Waals surface area (Å²) < 4.78 is 0. The minimum absolute atomic E-state index is 0.391. The summed E-state index contributed by atoms with van der Waals surface area (Å²) in [6.45, 7) is 3.87. The molecule has 3 N–H and O–H groups in total. The molecule has 0 fully saturated rings. The maximum atomic E-state index is 11.8. The molecule has 0 atom stereocenters. The topological polar surface area (TPSA) is 108 Å². The summed E-state index contributed by atoms with van der Waals surface area (Å²) in [5.41, 5.74) is 0.690. The zero-order valence-corrected chi connectivity index (χ0v) is 10.4. The van der Waals surface area contributed by atoms with Crippen molar-refractivity contribution in [2.75, 3.05) is 5.32 Å². The third-order valence-electron chi connectivity index (χ3n) is 2.69. The molecule has 1 heterocycles. The van der Waals surface area contributed by atoms with Gasteiger partial charge in [-0.05, 0) is 37.1 Å². The lowest BCUT2D eigenvalue weighted by Crippen LogP contribution is -2.32. The van der Waals surface area contributed by atoms with Gasteiger partial charge in [-0.2, -0.15) is 5.10 Å². The standard InChI is InChI=1S/C12H12N4O3/c1-6-3-4-8(5-7(6)2)13-10(17)9-11(18)14-12(19)16-15-9/h3-5H,1-2H3,(H,13,17)(H2,14,16,18,19). The van der Waals surface area contributed by atoms with Crippen molar-refractivity contribution in [1.82, 2.24) is 15.2 Å². The van der Waals surface area contributed by atoms with Crippen molar-refractivity contribution in [2.45, 2.75) is 13.8 Å². The molecular formula is C12H12N4O3. The molecule has 0 bridgehead atoms. The van der Waals surface area contributed by atoms with Gasteiger partial charge in [0, 0.05) is 5.69 Å². The molecule has 98 valence electrons. The lowest BCUT2D eigenvalue weighted by atomic mass is 10.1. The fourth-order valence-corrected chi connectivity index (χ4v) is 1.51. The van der Waals surface area contributed by atoms with Gasteiger partial charge in [0.05, 0.1) is 0 Å². The molecule has 19 heavy (non-hydrogen) atoms. The highest BCUT2D eigenvalue weighted by molar-refractivity contribution is 6.02. The van der Waals surface area contributed by atoms with Crippen molar-refractivity contribution in [3.8, 4) is 0 Å². The van der Waals surface area contributed by atoms with E-state index in [1.54, 1.807) is 12.1 Å². The minimum atomic E-state index is -0.829. The first-order valence-electron chi connectivity index (χ1n) is 5.55. The van der Waals surface area contributed by atoms with Crippen LogP contribution < -0.4 is 16.6 Å². The van der Waals surface area contributed by atoms with Gasteiger partial charge in [0.25, 0.3) is 11.5 Å². The second kappa shape index (κ2) is 4.89. The second-order valence-corrected chi connectivity index (χ2v) is 4.11. The zero-order chi connectivity index (χ0) is 14.0. The molecule has 0 saturated heterocycles. The number of hydrogen-bond donors (Lipinski definition) is 3. The average Bonchev–Trinajstić information content (AvgIpc) is 2.33. The van der Waals surface area contributed by atoms with Gasteiger partial charge < -0.3 is 5.32 Å². The van der Waals surface area contributed by atoms with E-state index < -0.39 is 22.9 Å². The highest BCUT2D eigenvalue weighted by Crippen LogP contribution is 2.14. The van der Waals surface area contributed by atoms with Crippen LogP contribution in [-0.4, -0.2) is 21.1 Å². The number of nitrogens with one attached hydrogen (secondary N) is 3. The Bertz CT molecular complexity index is 745. The quantitative estimate of drug-likeness (QED) is 0.723. The van der Waals surface area contributed by atoms with E-state index in [4.69, 9.17) is 0 Å². The average molecular weight is 260 g/mol. The number of benzene rings is 1. The van der Waals surface area contributed by atoms with Gasteiger partial charge in [-0.3, -0.25) is 14.6 Å². The van der Waals surface area contributed by atoms with Crippen molar-refractivity contribution in [2.24, 2.45) is 0 Å². The van der Waals surface area contributed by atoms with Crippen molar-refractivity contribution < 1.29 is 4.79 Å². The zero-order valence-electron chi connectivity index (χ0n) is 10.4. The molecule has 0 spiro atoms. The Labute approximate surface area is 107 Å². The molecule has 0 aliphatic rings. The van der Waals surface area contributed by atoms with E-state index in [0.29, 0.717) is 5.69 Å². The number of aromatic amines is 2. The Kier molecular flexibility index (Phi) is 3.28. The van der Waals surface area contributed by atoms with Crippen LogP contribution in [0.25, 0.3) is 0 Å². The van der Waals surface area contributed by atoms with Crippen molar-refractivity contribution in [3.63, 3.8) is 0 Å². The van der Waals surface area contributed by atoms with Gasteiger partial charge in [0.1, 0.15) is 0 Å². The van der Waals surface area contributed by atoms with Crippen LogP contribution in [0.1, 0.15) is 21.6 Å². The second-order valence-electron chi connectivity index (χ2n) is 4.11. The van der Waals surface area contributed by atoms with Crippen LogP contribution in [0.15, 0.2) is 27.8 Å². The molecule has 0 aliphatic heterocycles. The smallest absolute Gasteiger partial charge is 0.320 e. The Balaban J connectivity index is 2.28. The van der Waals surface area contributed by atoms with Gasteiger partial charge in [0.15, 0.2) is 0 Å². The number of aryl methyl sites for hydroxylation is 2. The van der Waals surface area contributed by atoms with Gasteiger partial charge in [-0.25, -0.2) is 9.89 Å². The summed E-state index contributed by atoms with van der Waals surface area (Å²) in [7, 11) is 0. The number of carbonyl (C=O) groups excluding carboxylic acids is 1. The largest absolute Gasteiger partial charge is 0.342 e. The van der Waals surface area contributed by atoms with Crippen LogP contribution >= 0.6 is 0 Å². The van der Waals surface area contributed by atoms with E-state index in [1.807, 2.05) is 30.0 Å². The fraction of sp³-hybridized carbons (Fsp3) is 0.167. The number of H-pyrrole nitrogens is 2. The normalized spacial score (nSPS) is 10.2. The third kappa shape index (κ3) is 2.76. The van der Waals surface area contributed by atoms with E-state index in [1.165, 1.54) is 0 Å². The maximum Gasteiger partial charge on any atom is 0.342 e. The molecule has 1 amide bonds. The van der Waals surface area contributed by atoms with Crippen LogP contribution in [0.2, 0.25) is 0 Å². The first kappa shape index (κ1) is 12.7. The number of anilines is 1. The van der Waals surface area contributed by atoms with Crippen LogP contribution in [0.5, 0.6) is 0 Å². The molecule has 0 aliphatic carbocycles. The minimum Gasteiger partial charge on any atom is -0.320 e. The lowest BCUT2D eigenvalue weighted by molar-refractivity contribution is 0.101. The molecule has 0 radical (unpaired) electrons. The maximum absolute atomic E-state index is 11.8.